The standard InChI is InChI=1S/C63H43N11/c1-37-65-38(2)68-62(67-37)43-29-31-55-49(33-43)46-22-11-13-25-53(46)73(55)57-27-15-21-45(36-64)59(57)60-48(52-35-51(41-17-7-5-8-18-41)71-61(72-52)42-19-9-6-10-20-42)24-16-28-58(60)74-54-26-14-12-23-47(54)50-34-44(30-32-56(50)74)63-69-39(3)66-40(4)70-63/h5-35H,1-4H3. The van der Waals surface area contributed by atoms with Gasteiger partial charge in [0.05, 0.1) is 56.5 Å². The monoisotopic (exact) mass is 953 g/mol. The smallest absolute Gasteiger partial charge is 0.163 e. The zero-order valence-electron chi connectivity index (χ0n) is 40.8. The van der Waals surface area contributed by atoms with Crippen molar-refractivity contribution in [1.29, 1.82) is 5.26 Å². The van der Waals surface area contributed by atoms with Crippen molar-refractivity contribution in [3.05, 3.63) is 217 Å². The molecule has 0 N–H and O–H groups in total. The molecule has 0 saturated carbocycles. The predicted molar refractivity (Wildman–Crippen MR) is 294 cm³/mol. The third-order valence-corrected chi connectivity index (χ3v) is 13.6. The fraction of sp³-hybridized carbons (Fsp3) is 0.0635. The number of aromatic nitrogens is 10. The van der Waals surface area contributed by atoms with E-state index in [1.165, 1.54) is 0 Å². The second-order valence-corrected chi connectivity index (χ2v) is 18.4. The highest BCUT2D eigenvalue weighted by atomic mass is 15.0. The molecule has 0 saturated heterocycles. The number of fused-ring (bicyclic) bond motifs is 6. The lowest BCUT2D eigenvalue weighted by Gasteiger charge is -2.22. The van der Waals surface area contributed by atoms with Crippen LogP contribution in [0.2, 0.25) is 0 Å². The lowest BCUT2D eigenvalue weighted by atomic mass is 9.90. The van der Waals surface area contributed by atoms with Crippen molar-refractivity contribution in [2.24, 2.45) is 0 Å². The highest BCUT2D eigenvalue weighted by Crippen LogP contribution is 2.47. The van der Waals surface area contributed by atoms with Crippen LogP contribution in [0.5, 0.6) is 0 Å². The molecule has 0 fully saturated rings. The van der Waals surface area contributed by atoms with Crippen LogP contribution in [0.1, 0.15) is 28.9 Å². The first kappa shape index (κ1) is 43.9. The van der Waals surface area contributed by atoms with Gasteiger partial charge >= 0.3 is 0 Å². The number of benzene rings is 8. The SMILES string of the molecule is Cc1nc(C)nc(-c2ccc3c(c2)c2ccccc2n3-c2cccc(C#N)c2-c2c(-c3cc(-c4ccccc4)nc(-c4ccccc4)n3)cccc2-n2c3ccccc3c3cc(-c4nc(C)nc(C)n4)ccc32)n1. The van der Waals surface area contributed by atoms with Gasteiger partial charge in [0.25, 0.3) is 0 Å². The van der Waals surface area contributed by atoms with Crippen LogP contribution in [-0.4, -0.2) is 49.0 Å². The van der Waals surface area contributed by atoms with Crippen molar-refractivity contribution in [3.63, 3.8) is 0 Å². The Kier molecular flexibility index (Phi) is 10.5. The van der Waals surface area contributed by atoms with Crippen molar-refractivity contribution >= 4 is 43.6 Å². The van der Waals surface area contributed by atoms with Gasteiger partial charge in [0, 0.05) is 60.5 Å². The second kappa shape index (κ2) is 17.7. The van der Waals surface area contributed by atoms with E-state index in [1.54, 1.807) is 0 Å². The molecule has 0 amide bonds. The molecule has 0 atom stereocenters. The van der Waals surface area contributed by atoms with Crippen molar-refractivity contribution in [2.75, 3.05) is 0 Å². The molecule has 13 rings (SSSR count). The van der Waals surface area contributed by atoms with Gasteiger partial charge in [-0.05, 0) is 100 Å². The van der Waals surface area contributed by atoms with Crippen molar-refractivity contribution in [1.82, 2.24) is 49.0 Å². The maximum absolute atomic E-state index is 11.5. The van der Waals surface area contributed by atoms with E-state index in [2.05, 4.69) is 153 Å². The van der Waals surface area contributed by atoms with Crippen LogP contribution < -0.4 is 0 Å². The summed E-state index contributed by atoms with van der Waals surface area (Å²) in [5.74, 6) is 4.47. The zero-order chi connectivity index (χ0) is 50.0. The molecule has 8 aromatic carbocycles. The van der Waals surface area contributed by atoms with Crippen molar-refractivity contribution in [3.8, 4) is 85.2 Å². The van der Waals surface area contributed by atoms with Gasteiger partial charge < -0.3 is 9.13 Å². The Labute approximate surface area is 425 Å². The topological polar surface area (TPSA) is 137 Å². The molecule has 350 valence electrons. The van der Waals surface area contributed by atoms with E-state index >= 15 is 0 Å². The summed E-state index contributed by atoms with van der Waals surface area (Å²) >= 11 is 0. The lowest BCUT2D eigenvalue weighted by molar-refractivity contribution is 0.928. The summed E-state index contributed by atoms with van der Waals surface area (Å²) in [6, 6.07) is 67.1. The molecule has 0 aliphatic rings. The third kappa shape index (κ3) is 7.43. The number of para-hydroxylation sites is 2. The molecule has 11 heteroatoms. The van der Waals surface area contributed by atoms with E-state index in [-0.39, 0.29) is 0 Å². The number of hydrogen-bond acceptors (Lipinski definition) is 9. The summed E-state index contributed by atoms with van der Waals surface area (Å²) in [7, 11) is 0. The fourth-order valence-corrected chi connectivity index (χ4v) is 10.6. The van der Waals surface area contributed by atoms with Gasteiger partial charge in [-0.1, -0.05) is 115 Å². The Hall–Kier alpha value is -10.1. The van der Waals surface area contributed by atoms with Crippen LogP contribution in [0.4, 0.5) is 0 Å². The van der Waals surface area contributed by atoms with Crippen LogP contribution in [0.15, 0.2) is 188 Å². The first-order valence-corrected chi connectivity index (χ1v) is 24.4. The van der Waals surface area contributed by atoms with Gasteiger partial charge in [0.1, 0.15) is 23.3 Å². The summed E-state index contributed by atoms with van der Waals surface area (Å²) in [6.45, 7) is 7.56. The average Bonchev–Trinajstić information content (AvgIpc) is 3.94. The molecule has 74 heavy (non-hydrogen) atoms. The number of rotatable bonds is 8. The lowest BCUT2D eigenvalue weighted by Crippen LogP contribution is -2.06. The van der Waals surface area contributed by atoms with Crippen LogP contribution >= 0.6 is 0 Å². The van der Waals surface area contributed by atoms with Gasteiger partial charge in [-0.15, -0.1) is 0 Å². The predicted octanol–water partition coefficient (Wildman–Crippen LogP) is 14.1. The summed E-state index contributed by atoms with van der Waals surface area (Å²) in [5, 5.41) is 15.6. The van der Waals surface area contributed by atoms with Gasteiger partial charge in [0.15, 0.2) is 17.5 Å². The van der Waals surface area contributed by atoms with Gasteiger partial charge in [-0.25, -0.2) is 39.9 Å². The molecular formula is C63H43N11. The van der Waals surface area contributed by atoms with Crippen LogP contribution in [0.25, 0.3) is 123 Å². The molecule has 0 aliphatic heterocycles. The van der Waals surface area contributed by atoms with Crippen LogP contribution in [0, 0.1) is 39.0 Å². The molecule has 0 unspecified atom stereocenters. The largest absolute Gasteiger partial charge is 0.309 e. The minimum absolute atomic E-state index is 0.499. The van der Waals surface area contributed by atoms with Crippen LogP contribution in [-0.2, 0) is 0 Å². The molecule has 0 aliphatic carbocycles. The molecule has 13 aromatic rings. The van der Waals surface area contributed by atoms with E-state index in [4.69, 9.17) is 29.9 Å². The molecule has 0 spiro atoms. The molecule has 0 bridgehead atoms. The van der Waals surface area contributed by atoms with Crippen molar-refractivity contribution in [2.45, 2.75) is 27.7 Å². The number of nitrogens with zero attached hydrogens (tertiary/aromatic N) is 11. The highest BCUT2D eigenvalue weighted by Gasteiger charge is 2.27. The molecule has 11 nitrogen and oxygen atoms in total. The zero-order valence-corrected chi connectivity index (χ0v) is 40.8. The summed E-state index contributed by atoms with van der Waals surface area (Å²) in [5.41, 5.74) is 13.6. The minimum atomic E-state index is 0.499. The first-order chi connectivity index (χ1) is 36.3. The summed E-state index contributed by atoms with van der Waals surface area (Å²) in [4.78, 5) is 38.5. The molecular weight excluding hydrogens is 911 g/mol. The Balaban J connectivity index is 1.15. The Morgan fingerprint density at radius 3 is 1.32 bits per heavy atom. The van der Waals surface area contributed by atoms with Gasteiger partial charge in [-0.2, -0.15) is 5.26 Å². The summed E-state index contributed by atoms with van der Waals surface area (Å²) in [6.07, 6.45) is 0. The van der Waals surface area contributed by atoms with Gasteiger partial charge in [0.2, 0.25) is 0 Å². The second-order valence-electron chi connectivity index (χ2n) is 18.4. The Morgan fingerprint density at radius 2 is 0.784 bits per heavy atom. The van der Waals surface area contributed by atoms with E-state index in [0.29, 0.717) is 52.0 Å². The summed E-state index contributed by atoms with van der Waals surface area (Å²) < 4.78 is 4.61. The number of hydrogen-bond donors (Lipinski definition) is 0. The molecule has 5 heterocycles. The van der Waals surface area contributed by atoms with E-state index in [1.807, 2.05) is 88.4 Å². The quantitative estimate of drug-likeness (QED) is 0.146. The third-order valence-electron chi connectivity index (χ3n) is 13.6. The van der Waals surface area contributed by atoms with Crippen molar-refractivity contribution < 1.29 is 0 Å². The minimum Gasteiger partial charge on any atom is -0.309 e. The highest BCUT2D eigenvalue weighted by molar-refractivity contribution is 6.13. The van der Waals surface area contributed by atoms with E-state index < -0.39 is 0 Å². The Bertz CT molecular complexity index is 4340. The number of aryl methyl sites for hydroxylation is 4. The van der Waals surface area contributed by atoms with Crippen LogP contribution in [0.3, 0.4) is 0 Å². The molecule has 5 aromatic heterocycles. The fourth-order valence-electron chi connectivity index (χ4n) is 10.6. The van der Waals surface area contributed by atoms with Gasteiger partial charge in [-0.3, -0.25) is 0 Å². The normalized spacial score (nSPS) is 11.5. The first-order valence-electron chi connectivity index (χ1n) is 24.4. The van der Waals surface area contributed by atoms with E-state index in [0.717, 1.165) is 99.6 Å². The van der Waals surface area contributed by atoms with E-state index in [9.17, 15) is 5.26 Å². The molecule has 0 radical (unpaired) electrons. The number of nitriles is 1. The Morgan fingerprint density at radius 1 is 0.338 bits per heavy atom. The maximum atomic E-state index is 11.5. The maximum Gasteiger partial charge on any atom is 0.163 e. The average molecular weight is 954 g/mol.